The van der Waals surface area contributed by atoms with Gasteiger partial charge in [-0.1, -0.05) is 22.0 Å². The van der Waals surface area contributed by atoms with Crippen LogP contribution in [0.1, 0.15) is 11.1 Å². The Morgan fingerprint density at radius 3 is 2.25 bits per heavy atom. The van der Waals surface area contributed by atoms with Crippen molar-refractivity contribution in [3.8, 4) is 0 Å². The smallest absolute Gasteiger partial charge is 0.243 e. The average molecular weight is 466 g/mol. The van der Waals surface area contributed by atoms with Crippen molar-refractivity contribution in [3.63, 3.8) is 0 Å². The topological polar surface area (TPSA) is 69.7 Å². The molecule has 1 heterocycles. The molecule has 1 saturated heterocycles. The van der Waals surface area contributed by atoms with Crippen LogP contribution < -0.4 is 5.32 Å². The van der Waals surface area contributed by atoms with Gasteiger partial charge in [-0.2, -0.15) is 4.31 Å². The lowest BCUT2D eigenvalue weighted by molar-refractivity contribution is -0.117. The van der Waals surface area contributed by atoms with Crippen molar-refractivity contribution in [1.82, 2.24) is 9.21 Å². The van der Waals surface area contributed by atoms with Gasteiger partial charge in [0.15, 0.2) is 0 Å². The molecule has 1 fully saturated rings. The summed E-state index contributed by atoms with van der Waals surface area (Å²) >= 11 is 3.36. The number of nitrogens with zero attached hydrogens (tertiary/aromatic N) is 2. The number of anilines is 1. The van der Waals surface area contributed by atoms with E-state index in [9.17, 15) is 13.2 Å². The molecule has 0 atom stereocenters. The van der Waals surface area contributed by atoms with E-state index in [0.29, 0.717) is 31.1 Å². The van der Waals surface area contributed by atoms with Gasteiger partial charge in [0.2, 0.25) is 15.9 Å². The third kappa shape index (κ3) is 5.00. The fourth-order valence-electron chi connectivity index (χ4n) is 3.09. The number of amides is 1. The number of sulfonamides is 1. The lowest BCUT2D eigenvalue weighted by atomic mass is 10.1. The van der Waals surface area contributed by atoms with Crippen LogP contribution in [0.15, 0.2) is 51.8 Å². The monoisotopic (exact) mass is 465 g/mol. The molecule has 0 radical (unpaired) electrons. The Labute approximate surface area is 174 Å². The molecule has 0 spiro atoms. The third-order valence-electron chi connectivity index (χ3n) is 4.94. The van der Waals surface area contributed by atoms with Crippen LogP contribution in [0.4, 0.5) is 5.69 Å². The summed E-state index contributed by atoms with van der Waals surface area (Å²) in [5.41, 5.74) is 2.77. The summed E-state index contributed by atoms with van der Waals surface area (Å²) in [6, 6.07) is 12.6. The van der Waals surface area contributed by atoms with Crippen LogP contribution in [0, 0.1) is 13.8 Å². The molecule has 150 valence electrons. The minimum absolute atomic E-state index is 0.104. The Hall–Kier alpha value is -1.74. The number of carbonyl (C=O) groups excluding carboxylic acids is 1. The van der Waals surface area contributed by atoms with E-state index < -0.39 is 10.0 Å². The fraction of sp³-hybridized carbons (Fsp3) is 0.350. The Morgan fingerprint density at radius 1 is 1.00 bits per heavy atom. The van der Waals surface area contributed by atoms with Crippen molar-refractivity contribution in [2.24, 2.45) is 0 Å². The second-order valence-corrected chi connectivity index (χ2v) is 9.83. The van der Waals surface area contributed by atoms with Crippen molar-refractivity contribution in [1.29, 1.82) is 0 Å². The number of halogens is 1. The average Bonchev–Trinajstić information content (AvgIpc) is 2.66. The molecule has 0 aromatic heterocycles. The molecule has 2 aromatic carbocycles. The maximum absolute atomic E-state index is 12.9. The van der Waals surface area contributed by atoms with Crippen LogP contribution in [0.3, 0.4) is 0 Å². The molecule has 2 aromatic rings. The van der Waals surface area contributed by atoms with Gasteiger partial charge in [-0.25, -0.2) is 8.42 Å². The largest absolute Gasteiger partial charge is 0.325 e. The van der Waals surface area contributed by atoms with Crippen LogP contribution in [0.25, 0.3) is 0 Å². The quantitative estimate of drug-likeness (QED) is 0.736. The molecule has 1 aliphatic rings. The lowest BCUT2D eigenvalue weighted by Gasteiger charge is -2.33. The summed E-state index contributed by atoms with van der Waals surface area (Å²) < 4.78 is 28.2. The first-order chi connectivity index (χ1) is 13.3. The highest BCUT2D eigenvalue weighted by Crippen LogP contribution is 2.20. The van der Waals surface area contributed by atoms with Crippen LogP contribution >= 0.6 is 15.9 Å². The predicted molar refractivity (Wildman–Crippen MR) is 114 cm³/mol. The van der Waals surface area contributed by atoms with E-state index in [2.05, 4.69) is 21.2 Å². The number of nitrogens with one attached hydrogen (secondary N) is 1. The zero-order valence-corrected chi connectivity index (χ0v) is 18.4. The summed E-state index contributed by atoms with van der Waals surface area (Å²) in [5.74, 6) is -0.104. The first-order valence-electron chi connectivity index (χ1n) is 9.11. The van der Waals surface area contributed by atoms with E-state index in [1.54, 1.807) is 12.1 Å². The minimum atomic E-state index is -3.50. The highest BCUT2D eigenvalue weighted by molar-refractivity contribution is 9.10. The van der Waals surface area contributed by atoms with E-state index in [1.807, 2.05) is 49.1 Å². The Kier molecular flexibility index (Phi) is 6.54. The number of carbonyl (C=O) groups is 1. The predicted octanol–water partition coefficient (Wildman–Crippen LogP) is 3.01. The molecule has 28 heavy (non-hydrogen) atoms. The standard InChI is InChI=1S/C20H24BrN3O3S/c1-15-3-8-19(13-16(15)2)28(26,27)24-11-9-23(10-12-24)14-20(25)22-18-6-4-17(21)5-7-18/h3-8,13H,9-12,14H2,1-2H3,(H,22,25). The van der Waals surface area contributed by atoms with E-state index >= 15 is 0 Å². The Morgan fingerprint density at radius 2 is 1.64 bits per heavy atom. The molecule has 0 saturated carbocycles. The molecule has 0 unspecified atom stereocenters. The second-order valence-electron chi connectivity index (χ2n) is 6.98. The van der Waals surface area contributed by atoms with Gasteiger partial charge in [0.25, 0.3) is 0 Å². The molecular formula is C20H24BrN3O3S. The lowest BCUT2D eigenvalue weighted by Crippen LogP contribution is -2.50. The molecule has 6 nitrogen and oxygen atoms in total. The normalized spacial score (nSPS) is 16.1. The highest BCUT2D eigenvalue weighted by Gasteiger charge is 2.29. The van der Waals surface area contributed by atoms with Crippen molar-refractivity contribution in [2.75, 3.05) is 38.0 Å². The molecule has 8 heteroatoms. The number of rotatable bonds is 5. The van der Waals surface area contributed by atoms with Gasteiger partial charge in [0.05, 0.1) is 11.4 Å². The van der Waals surface area contributed by atoms with Crippen LogP contribution in [-0.4, -0.2) is 56.3 Å². The summed E-state index contributed by atoms with van der Waals surface area (Å²) in [7, 11) is -3.50. The second kappa shape index (κ2) is 8.73. The van der Waals surface area contributed by atoms with Crippen LogP contribution in [-0.2, 0) is 14.8 Å². The zero-order chi connectivity index (χ0) is 20.3. The van der Waals surface area contributed by atoms with E-state index in [-0.39, 0.29) is 12.5 Å². The Balaban J connectivity index is 1.55. The van der Waals surface area contributed by atoms with E-state index in [1.165, 1.54) is 4.31 Å². The zero-order valence-electron chi connectivity index (χ0n) is 16.0. The number of hydrogen-bond donors (Lipinski definition) is 1. The maximum atomic E-state index is 12.9. The van der Waals surface area contributed by atoms with Crippen LogP contribution in [0.2, 0.25) is 0 Å². The molecule has 1 amide bonds. The molecule has 1 N–H and O–H groups in total. The van der Waals surface area contributed by atoms with Crippen molar-refractivity contribution in [2.45, 2.75) is 18.7 Å². The molecule has 3 rings (SSSR count). The molecule has 1 aliphatic heterocycles. The van der Waals surface area contributed by atoms with Crippen molar-refractivity contribution >= 4 is 37.5 Å². The van der Waals surface area contributed by atoms with Crippen molar-refractivity contribution < 1.29 is 13.2 Å². The van der Waals surface area contributed by atoms with Gasteiger partial charge < -0.3 is 5.32 Å². The van der Waals surface area contributed by atoms with Gasteiger partial charge in [-0.3, -0.25) is 9.69 Å². The highest BCUT2D eigenvalue weighted by atomic mass is 79.9. The molecule has 0 bridgehead atoms. The third-order valence-corrected chi connectivity index (χ3v) is 7.37. The van der Waals surface area contributed by atoms with Crippen LogP contribution in [0.5, 0.6) is 0 Å². The van der Waals surface area contributed by atoms with Gasteiger partial charge in [0.1, 0.15) is 0 Å². The van der Waals surface area contributed by atoms with Gasteiger partial charge in [-0.05, 0) is 61.4 Å². The van der Waals surface area contributed by atoms with E-state index in [0.717, 1.165) is 21.3 Å². The number of benzene rings is 2. The number of piperazine rings is 1. The molecular weight excluding hydrogens is 442 g/mol. The number of aryl methyl sites for hydroxylation is 2. The fourth-order valence-corrected chi connectivity index (χ4v) is 4.86. The summed E-state index contributed by atoms with van der Waals surface area (Å²) in [6.45, 7) is 5.92. The van der Waals surface area contributed by atoms with Gasteiger partial charge in [-0.15, -0.1) is 0 Å². The maximum Gasteiger partial charge on any atom is 0.243 e. The first-order valence-corrected chi connectivity index (χ1v) is 11.3. The van der Waals surface area contributed by atoms with Gasteiger partial charge in [0, 0.05) is 36.3 Å². The summed E-state index contributed by atoms with van der Waals surface area (Å²) in [4.78, 5) is 14.5. The minimum Gasteiger partial charge on any atom is -0.325 e. The van der Waals surface area contributed by atoms with Gasteiger partial charge >= 0.3 is 0 Å². The van der Waals surface area contributed by atoms with Crippen molar-refractivity contribution in [3.05, 3.63) is 58.1 Å². The summed E-state index contributed by atoms with van der Waals surface area (Å²) in [6.07, 6.45) is 0. The first kappa shape index (κ1) is 21.0. The Bertz CT molecular complexity index is 953. The number of hydrogen-bond acceptors (Lipinski definition) is 4. The summed E-state index contributed by atoms with van der Waals surface area (Å²) in [5, 5.41) is 2.86. The molecule has 0 aliphatic carbocycles. The SMILES string of the molecule is Cc1ccc(S(=O)(=O)N2CCN(CC(=O)Nc3ccc(Br)cc3)CC2)cc1C. The van der Waals surface area contributed by atoms with E-state index in [4.69, 9.17) is 0 Å².